The van der Waals surface area contributed by atoms with E-state index in [1.165, 1.54) is 0 Å². The smallest absolute Gasteiger partial charge is 0.245 e. The molecular formula is C15H22ClNO2. The minimum atomic E-state index is -0.497. The molecule has 0 bridgehead atoms. The summed E-state index contributed by atoms with van der Waals surface area (Å²) in [4.78, 5) is 14.1. The van der Waals surface area contributed by atoms with E-state index in [4.69, 9.17) is 16.3 Å². The van der Waals surface area contributed by atoms with E-state index in [2.05, 4.69) is 0 Å². The predicted molar refractivity (Wildman–Crippen MR) is 79.9 cm³/mol. The Balaban J connectivity index is 3.05. The lowest BCUT2D eigenvalue weighted by atomic mass is 10.1. The number of aryl methyl sites for hydroxylation is 1. The molecule has 1 rings (SSSR count). The molecule has 0 heterocycles. The molecule has 0 radical (unpaired) electrons. The molecule has 106 valence electrons. The number of rotatable bonds is 6. The Morgan fingerprint density at radius 3 is 2.58 bits per heavy atom. The summed E-state index contributed by atoms with van der Waals surface area (Å²) >= 11 is 6.11. The van der Waals surface area contributed by atoms with Gasteiger partial charge in [-0.1, -0.05) is 25.1 Å². The first-order valence-corrected chi connectivity index (χ1v) is 6.98. The van der Waals surface area contributed by atoms with Gasteiger partial charge in [-0.25, -0.2) is 0 Å². The Kier molecular flexibility index (Phi) is 6.32. The lowest BCUT2D eigenvalue weighted by Gasteiger charge is -2.28. The van der Waals surface area contributed by atoms with Gasteiger partial charge in [0, 0.05) is 12.8 Å². The highest BCUT2D eigenvalue weighted by Crippen LogP contribution is 2.22. The highest BCUT2D eigenvalue weighted by atomic mass is 35.5. The Labute approximate surface area is 120 Å². The predicted octanol–water partition coefficient (Wildman–Crippen LogP) is 3.38. The maximum atomic E-state index is 12.4. The molecule has 0 aromatic heterocycles. The van der Waals surface area contributed by atoms with E-state index < -0.39 is 5.38 Å². The normalized spacial score (nSPS) is 13.9. The topological polar surface area (TPSA) is 29.5 Å². The van der Waals surface area contributed by atoms with Crippen LogP contribution in [0.5, 0.6) is 0 Å². The van der Waals surface area contributed by atoms with Gasteiger partial charge in [0.05, 0.1) is 12.6 Å². The molecule has 0 saturated carbocycles. The third-order valence-electron chi connectivity index (χ3n) is 3.14. The molecule has 0 saturated heterocycles. The number of carbonyl (C=O) groups is 1. The van der Waals surface area contributed by atoms with Crippen LogP contribution in [0.2, 0.25) is 0 Å². The molecule has 2 unspecified atom stereocenters. The van der Waals surface area contributed by atoms with Gasteiger partial charge in [0.1, 0.15) is 5.38 Å². The highest BCUT2D eigenvalue weighted by Gasteiger charge is 2.24. The van der Waals surface area contributed by atoms with E-state index in [1.54, 1.807) is 12.0 Å². The number of methoxy groups -OCH3 is 1. The van der Waals surface area contributed by atoms with Crippen molar-refractivity contribution >= 4 is 23.2 Å². The number of benzene rings is 1. The number of amides is 1. The average Bonchev–Trinajstić information content (AvgIpc) is 2.43. The Morgan fingerprint density at radius 2 is 2.05 bits per heavy atom. The minimum absolute atomic E-state index is 0.0377. The number of alkyl halides is 1. The first kappa shape index (κ1) is 16.0. The van der Waals surface area contributed by atoms with Crippen LogP contribution >= 0.6 is 11.6 Å². The van der Waals surface area contributed by atoms with Crippen LogP contribution in [0.1, 0.15) is 25.8 Å². The van der Waals surface area contributed by atoms with Crippen molar-refractivity contribution in [3.8, 4) is 0 Å². The second-order valence-electron chi connectivity index (χ2n) is 4.66. The third-order valence-corrected chi connectivity index (χ3v) is 3.64. The molecule has 0 aliphatic heterocycles. The van der Waals surface area contributed by atoms with Crippen molar-refractivity contribution in [3.63, 3.8) is 0 Å². The van der Waals surface area contributed by atoms with E-state index in [-0.39, 0.29) is 12.0 Å². The fourth-order valence-corrected chi connectivity index (χ4v) is 1.97. The van der Waals surface area contributed by atoms with Gasteiger partial charge >= 0.3 is 0 Å². The summed E-state index contributed by atoms with van der Waals surface area (Å²) < 4.78 is 5.27. The zero-order chi connectivity index (χ0) is 14.4. The number of ether oxygens (including phenoxy) is 1. The molecule has 0 aliphatic rings. The Morgan fingerprint density at radius 1 is 1.42 bits per heavy atom. The van der Waals surface area contributed by atoms with Gasteiger partial charge in [0.15, 0.2) is 0 Å². The van der Waals surface area contributed by atoms with Crippen LogP contribution in [0.3, 0.4) is 0 Å². The highest BCUT2D eigenvalue weighted by molar-refractivity contribution is 6.32. The van der Waals surface area contributed by atoms with Crippen LogP contribution in [0.25, 0.3) is 0 Å². The summed E-state index contributed by atoms with van der Waals surface area (Å²) in [6, 6.07) is 7.81. The van der Waals surface area contributed by atoms with Gasteiger partial charge in [-0.3, -0.25) is 4.79 Å². The van der Waals surface area contributed by atoms with Gasteiger partial charge in [-0.15, -0.1) is 11.6 Å². The molecule has 19 heavy (non-hydrogen) atoms. The van der Waals surface area contributed by atoms with E-state index in [0.29, 0.717) is 13.0 Å². The molecular weight excluding hydrogens is 262 g/mol. The Hall–Kier alpha value is -1.06. The molecule has 1 aromatic rings. The minimum Gasteiger partial charge on any atom is -0.380 e. The fraction of sp³-hybridized carbons (Fsp3) is 0.533. The maximum Gasteiger partial charge on any atom is 0.245 e. The maximum absolute atomic E-state index is 12.4. The molecule has 2 atom stereocenters. The van der Waals surface area contributed by atoms with Gasteiger partial charge < -0.3 is 9.64 Å². The number of carbonyl (C=O) groups excluding carboxylic acids is 1. The first-order valence-electron chi connectivity index (χ1n) is 6.55. The quantitative estimate of drug-likeness (QED) is 0.749. The molecule has 3 nitrogen and oxygen atoms in total. The largest absolute Gasteiger partial charge is 0.380 e. The lowest BCUT2D eigenvalue weighted by Crippen LogP contribution is -2.41. The second kappa shape index (κ2) is 7.51. The molecule has 4 heteroatoms. The number of hydrogen-bond donors (Lipinski definition) is 0. The summed E-state index contributed by atoms with van der Waals surface area (Å²) in [5.74, 6) is -0.0673. The average molecular weight is 284 g/mol. The number of halogens is 1. The number of anilines is 1. The summed E-state index contributed by atoms with van der Waals surface area (Å²) in [6.45, 7) is 6.34. The van der Waals surface area contributed by atoms with Crippen molar-refractivity contribution in [1.29, 1.82) is 0 Å². The number of para-hydroxylation sites is 1. The van der Waals surface area contributed by atoms with Crippen LogP contribution in [-0.2, 0) is 9.53 Å². The summed E-state index contributed by atoms with van der Waals surface area (Å²) in [6.07, 6.45) is 0.578. The third kappa shape index (κ3) is 4.22. The molecule has 1 amide bonds. The zero-order valence-corrected chi connectivity index (χ0v) is 12.8. The van der Waals surface area contributed by atoms with Crippen molar-refractivity contribution in [2.24, 2.45) is 0 Å². The van der Waals surface area contributed by atoms with Crippen LogP contribution in [0, 0.1) is 6.92 Å². The monoisotopic (exact) mass is 283 g/mol. The van der Waals surface area contributed by atoms with E-state index in [9.17, 15) is 4.79 Å². The summed E-state index contributed by atoms with van der Waals surface area (Å²) in [5, 5.41) is -0.497. The van der Waals surface area contributed by atoms with Crippen LogP contribution < -0.4 is 4.90 Å². The number of hydrogen-bond acceptors (Lipinski definition) is 2. The van der Waals surface area contributed by atoms with E-state index >= 15 is 0 Å². The summed E-state index contributed by atoms with van der Waals surface area (Å²) in [7, 11) is 1.64. The van der Waals surface area contributed by atoms with Crippen molar-refractivity contribution < 1.29 is 9.53 Å². The first-order chi connectivity index (χ1) is 9.01. The van der Waals surface area contributed by atoms with Crippen molar-refractivity contribution in [2.45, 2.75) is 38.7 Å². The molecule has 0 spiro atoms. The molecule has 0 N–H and O–H groups in total. The van der Waals surface area contributed by atoms with E-state index in [0.717, 1.165) is 11.3 Å². The van der Waals surface area contributed by atoms with Gasteiger partial charge in [0.2, 0.25) is 5.91 Å². The fourth-order valence-electron chi connectivity index (χ4n) is 1.85. The molecule has 0 aliphatic carbocycles. The van der Waals surface area contributed by atoms with Crippen LogP contribution in [0.4, 0.5) is 5.69 Å². The van der Waals surface area contributed by atoms with Crippen molar-refractivity contribution in [2.75, 3.05) is 18.6 Å². The lowest BCUT2D eigenvalue weighted by molar-refractivity contribution is -0.118. The van der Waals surface area contributed by atoms with Gasteiger partial charge in [0.25, 0.3) is 0 Å². The van der Waals surface area contributed by atoms with Crippen molar-refractivity contribution in [3.05, 3.63) is 29.8 Å². The van der Waals surface area contributed by atoms with Crippen LogP contribution in [-0.4, -0.2) is 31.0 Å². The summed E-state index contributed by atoms with van der Waals surface area (Å²) in [5.41, 5.74) is 1.95. The van der Waals surface area contributed by atoms with Gasteiger partial charge in [-0.05, 0) is 31.9 Å². The van der Waals surface area contributed by atoms with Crippen molar-refractivity contribution in [1.82, 2.24) is 0 Å². The van der Waals surface area contributed by atoms with Crippen LogP contribution in [0.15, 0.2) is 24.3 Å². The van der Waals surface area contributed by atoms with Gasteiger partial charge in [-0.2, -0.15) is 0 Å². The van der Waals surface area contributed by atoms with E-state index in [1.807, 2.05) is 45.0 Å². The molecule has 1 aromatic carbocycles. The Bertz CT molecular complexity index is 422. The number of nitrogens with zero attached hydrogens (tertiary/aromatic N) is 1. The molecule has 0 fully saturated rings. The second-order valence-corrected chi connectivity index (χ2v) is 5.18. The zero-order valence-electron chi connectivity index (χ0n) is 12.0. The standard InChI is InChI=1S/C15H22ClNO2/c1-5-13(16)15(18)17(10-12(3)19-4)14-9-7-6-8-11(14)2/h6-9,12-13H,5,10H2,1-4H3. The SMILES string of the molecule is CCC(Cl)C(=O)N(CC(C)OC)c1ccccc1C.